The van der Waals surface area contributed by atoms with E-state index in [4.69, 9.17) is 4.74 Å². The third kappa shape index (κ3) is 4.67. The summed E-state index contributed by atoms with van der Waals surface area (Å²) in [4.78, 5) is 14.4. The van der Waals surface area contributed by atoms with Crippen LogP contribution in [0.5, 0.6) is 0 Å². The smallest absolute Gasteiger partial charge is 0.256 e. The molecule has 4 rings (SSSR count). The lowest BCUT2D eigenvalue weighted by Crippen LogP contribution is -2.36. The van der Waals surface area contributed by atoms with Crippen molar-refractivity contribution in [2.75, 3.05) is 41.8 Å². The predicted molar refractivity (Wildman–Crippen MR) is 109 cm³/mol. The molecule has 0 saturated carbocycles. The number of ether oxygens (including phenoxy) is 1. The monoisotopic (exact) mass is 393 g/mol. The first-order valence-corrected chi connectivity index (χ1v) is 9.28. The average molecular weight is 393 g/mol. The molecule has 1 fully saturated rings. The fraction of sp³-hybridized carbons (Fsp3) is 0.190. The number of rotatable bonds is 5. The Morgan fingerprint density at radius 1 is 0.966 bits per heavy atom. The molecule has 148 valence electrons. The van der Waals surface area contributed by atoms with Gasteiger partial charge in [-0.1, -0.05) is 18.2 Å². The van der Waals surface area contributed by atoms with Gasteiger partial charge in [-0.25, -0.2) is 4.39 Å². The first-order chi connectivity index (χ1) is 14.2. The summed E-state index contributed by atoms with van der Waals surface area (Å²) in [5.74, 6) is -0.0832. The molecular weight excluding hydrogens is 373 g/mol. The number of anilines is 4. The molecule has 0 aliphatic carbocycles. The van der Waals surface area contributed by atoms with Gasteiger partial charge in [0.1, 0.15) is 5.82 Å². The van der Waals surface area contributed by atoms with Gasteiger partial charge in [0.05, 0.1) is 24.6 Å². The van der Waals surface area contributed by atoms with E-state index < -0.39 is 11.7 Å². The van der Waals surface area contributed by atoms with E-state index in [1.54, 1.807) is 12.1 Å². The molecule has 0 spiro atoms. The van der Waals surface area contributed by atoms with Crippen molar-refractivity contribution in [2.24, 2.45) is 0 Å². The molecular formula is C21H20FN5O2. The van der Waals surface area contributed by atoms with Gasteiger partial charge in [0.2, 0.25) is 0 Å². The highest BCUT2D eigenvalue weighted by molar-refractivity contribution is 6.03. The fourth-order valence-electron chi connectivity index (χ4n) is 3.08. The first kappa shape index (κ1) is 18.8. The van der Waals surface area contributed by atoms with Crippen molar-refractivity contribution in [3.8, 4) is 0 Å². The number of halogens is 1. The van der Waals surface area contributed by atoms with E-state index in [1.165, 1.54) is 24.3 Å². The number of carbonyl (C=O) groups is 1. The number of nitrogens with one attached hydrogen (secondary N) is 2. The second kappa shape index (κ2) is 8.66. The lowest BCUT2D eigenvalue weighted by atomic mass is 10.2. The zero-order valence-corrected chi connectivity index (χ0v) is 15.6. The summed E-state index contributed by atoms with van der Waals surface area (Å²) >= 11 is 0. The van der Waals surface area contributed by atoms with E-state index in [0.29, 0.717) is 19.0 Å². The van der Waals surface area contributed by atoms with Gasteiger partial charge < -0.3 is 20.3 Å². The molecule has 7 nitrogen and oxygen atoms in total. The first-order valence-electron chi connectivity index (χ1n) is 9.28. The van der Waals surface area contributed by atoms with Gasteiger partial charge in [-0.05, 0) is 42.5 Å². The van der Waals surface area contributed by atoms with Gasteiger partial charge in [-0.2, -0.15) is 0 Å². The zero-order valence-electron chi connectivity index (χ0n) is 15.6. The van der Waals surface area contributed by atoms with Crippen LogP contribution in [0.1, 0.15) is 10.4 Å². The molecule has 0 unspecified atom stereocenters. The van der Waals surface area contributed by atoms with Gasteiger partial charge in [0.25, 0.3) is 5.91 Å². The minimum atomic E-state index is -0.470. The Morgan fingerprint density at radius 3 is 2.48 bits per heavy atom. The summed E-state index contributed by atoms with van der Waals surface area (Å²) in [5, 5.41) is 14.0. The van der Waals surface area contributed by atoms with Crippen molar-refractivity contribution in [2.45, 2.75) is 0 Å². The maximum atomic E-state index is 13.3. The van der Waals surface area contributed by atoms with E-state index in [0.717, 1.165) is 24.5 Å². The summed E-state index contributed by atoms with van der Waals surface area (Å²) in [6, 6.07) is 16.8. The Labute approximate surface area is 167 Å². The maximum absolute atomic E-state index is 13.3. The highest BCUT2D eigenvalue weighted by Gasteiger charge is 2.15. The van der Waals surface area contributed by atoms with Gasteiger partial charge >= 0.3 is 0 Å². The number of morpholine rings is 1. The SMILES string of the molecule is O=C(Nc1ccc(Nc2ccccc2N2CCOCC2)nn1)c1cccc(F)c1. The molecule has 2 N–H and O–H groups in total. The molecule has 1 saturated heterocycles. The number of nitrogens with zero attached hydrogens (tertiary/aromatic N) is 3. The minimum absolute atomic E-state index is 0.216. The van der Waals surface area contributed by atoms with Gasteiger partial charge in [-0.15, -0.1) is 10.2 Å². The number of hydrogen-bond acceptors (Lipinski definition) is 6. The summed E-state index contributed by atoms with van der Waals surface area (Å²) in [6.45, 7) is 3.06. The minimum Gasteiger partial charge on any atom is -0.378 e. The Morgan fingerprint density at radius 2 is 1.72 bits per heavy atom. The highest BCUT2D eigenvalue weighted by atomic mass is 19.1. The topological polar surface area (TPSA) is 79.4 Å². The molecule has 2 aromatic carbocycles. The van der Waals surface area contributed by atoms with Crippen LogP contribution in [0.2, 0.25) is 0 Å². The molecule has 1 aromatic heterocycles. The molecule has 8 heteroatoms. The Kier molecular flexibility index (Phi) is 5.62. The number of carbonyl (C=O) groups excluding carboxylic acids is 1. The van der Waals surface area contributed by atoms with Crippen molar-refractivity contribution in [3.05, 3.63) is 72.0 Å². The summed E-state index contributed by atoms with van der Waals surface area (Å²) < 4.78 is 18.7. The average Bonchev–Trinajstić information content (AvgIpc) is 2.76. The van der Waals surface area contributed by atoms with Crippen LogP contribution in [0, 0.1) is 5.82 Å². The van der Waals surface area contributed by atoms with Gasteiger partial charge in [0, 0.05) is 18.7 Å². The van der Waals surface area contributed by atoms with Crippen LogP contribution in [0.15, 0.2) is 60.7 Å². The van der Waals surface area contributed by atoms with Crippen LogP contribution < -0.4 is 15.5 Å². The molecule has 1 aliphatic rings. The summed E-state index contributed by atoms with van der Waals surface area (Å²) in [7, 11) is 0. The van der Waals surface area contributed by atoms with Crippen molar-refractivity contribution in [1.82, 2.24) is 10.2 Å². The zero-order chi connectivity index (χ0) is 20.1. The summed E-state index contributed by atoms with van der Waals surface area (Å²) in [6.07, 6.45) is 0. The molecule has 1 aliphatic heterocycles. The molecule has 29 heavy (non-hydrogen) atoms. The van der Waals surface area contributed by atoms with Crippen LogP contribution in [-0.4, -0.2) is 42.4 Å². The van der Waals surface area contributed by atoms with Crippen molar-refractivity contribution in [3.63, 3.8) is 0 Å². The van der Waals surface area contributed by atoms with Crippen molar-refractivity contribution in [1.29, 1.82) is 0 Å². The third-order valence-electron chi connectivity index (χ3n) is 4.51. The Balaban J connectivity index is 1.44. The Hall–Kier alpha value is -3.52. The van der Waals surface area contributed by atoms with Crippen LogP contribution in [0.25, 0.3) is 0 Å². The fourth-order valence-corrected chi connectivity index (χ4v) is 3.08. The van der Waals surface area contributed by atoms with E-state index in [9.17, 15) is 9.18 Å². The van der Waals surface area contributed by atoms with E-state index >= 15 is 0 Å². The lowest BCUT2D eigenvalue weighted by Gasteiger charge is -2.30. The van der Waals surface area contributed by atoms with Crippen molar-refractivity contribution >= 4 is 28.9 Å². The standard InChI is InChI=1S/C21H20FN5O2/c22-16-5-3-4-15(14-16)21(28)24-20-9-8-19(25-26-20)23-17-6-1-2-7-18(17)27-10-12-29-13-11-27/h1-9,14H,10-13H2,(H,23,25)(H,24,26,28). The Bertz CT molecular complexity index is 990. The number of hydrogen-bond donors (Lipinski definition) is 2. The second-order valence-corrected chi connectivity index (χ2v) is 6.51. The van der Waals surface area contributed by atoms with E-state index in [-0.39, 0.29) is 11.4 Å². The number of amides is 1. The van der Waals surface area contributed by atoms with Crippen LogP contribution in [0.3, 0.4) is 0 Å². The summed E-state index contributed by atoms with van der Waals surface area (Å²) in [5.41, 5.74) is 2.20. The third-order valence-corrected chi connectivity index (χ3v) is 4.51. The van der Waals surface area contributed by atoms with E-state index in [1.807, 2.05) is 18.2 Å². The molecule has 2 heterocycles. The lowest BCUT2D eigenvalue weighted by molar-refractivity contribution is 0.102. The second-order valence-electron chi connectivity index (χ2n) is 6.51. The number of para-hydroxylation sites is 2. The number of aromatic nitrogens is 2. The number of benzene rings is 2. The van der Waals surface area contributed by atoms with Gasteiger partial charge in [-0.3, -0.25) is 4.79 Å². The predicted octanol–water partition coefficient (Wildman–Crippen LogP) is 3.45. The molecule has 0 radical (unpaired) electrons. The molecule has 1 amide bonds. The normalized spacial score (nSPS) is 13.8. The van der Waals surface area contributed by atoms with Crippen LogP contribution >= 0.6 is 0 Å². The molecule has 0 atom stereocenters. The van der Waals surface area contributed by atoms with Crippen molar-refractivity contribution < 1.29 is 13.9 Å². The highest BCUT2D eigenvalue weighted by Crippen LogP contribution is 2.28. The maximum Gasteiger partial charge on any atom is 0.256 e. The largest absolute Gasteiger partial charge is 0.378 e. The van der Waals surface area contributed by atoms with E-state index in [2.05, 4.69) is 31.8 Å². The molecule has 3 aromatic rings. The van der Waals surface area contributed by atoms with Crippen LogP contribution in [-0.2, 0) is 4.74 Å². The quantitative estimate of drug-likeness (QED) is 0.691. The molecule has 0 bridgehead atoms. The van der Waals surface area contributed by atoms with Gasteiger partial charge in [0.15, 0.2) is 11.6 Å². The van der Waals surface area contributed by atoms with Crippen LogP contribution in [0.4, 0.5) is 27.4 Å².